The summed E-state index contributed by atoms with van der Waals surface area (Å²) >= 11 is 22.2. The fourth-order valence-electron chi connectivity index (χ4n) is 5.37. The Hall–Kier alpha value is -2.13. The van der Waals surface area contributed by atoms with Gasteiger partial charge in [-0.3, -0.25) is 19.3 Å². The topological polar surface area (TPSA) is 92.8 Å². The molecule has 0 spiro atoms. The number of halogens is 4. The maximum Gasteiger partial charge on any atom is 0.338 e. The van der Waals surface area contributed by atoms with Gasteiger partial charge >= 0.3 is 5.97 Å². The minimum atomic E-state index is -0.773. The van der Waals surface area contributed by atoms with Crippen LogP contribution in [0, 0.1) is 23.7 Å². The summed E-state index contributed by atoms with van der Waals surface area (Å²) in [6.07, 6.45) is 0.670. The Balaban J connectivity index is 1.26. The third kappa shape index (κ3) is 4.24. The van der Waals surface area contributed by atoms with Crippen LogP contribution in [0.5, 0.6) is 0 Å². The van der Waals surface area contributed by atoms with Gasteiger partial charge in [-0.05, 0) is 54.7 Å². The highest BCUT2D eigenvalue weighted by molar-refractivity contribution is 9.10. The maximum absolute atomic E-state index is 13.2. The van der Waals surface area contributed by atoms with Crippen molar-refractivity contribution in [2.24, 2.45) is 23.7 Å². The van der Waals surface area contributed by atoms with Crippen LogP contribution in [0.15, 0.2) is 46.9 Å². The molecule has 3 amide bonds. The molecule has 35 heavy (non-hydrogen) atoms. The van der Waals surface area contributed by atoms with Crippen molar-refractivity contribution in [3.05, 3.63) is 57.5 Å². The molecule has 0 unspecified atom stereocenters. The van der Waals surface area contributed by atoms with Crippen LogP contribution in [0.25, 0.3) is 0 Å². The molecule has 7 nitrogen and oxygen atoms in total. The third-order valence-electron chi connectivity index (χ3n) is 6.87. The summed E-state index contributed by atoms with van der Waals surface area (Å²) in [4.78, 5) is 52.3. The van der Waals surface area contributed by atoms with Crippen molar-refractivity contribution < 1.29 is 23.9 Å². The molecule has 3 fully saturated rings. The predicted molar refractivity (Wildman–Crippen MR) is 135 cm³/mol. The normalized spacial score (nSPS) is 28.9. The first-order valence-corrected chi connectivity index (χ1v) is 12.9. The summed E-state index contributed by atoms with van der Waals surface area (Å²) in [6, 6.07) is 10.9. The van der Waals surface area contributed by atoms with E-state index in [0.29, 0.717) is 17.1 Å². The van der Waals surface area contributed by atoms with Crippen molar-refractivity contribution in [2.45, 2.75) is 17.2 Å². The fraction of sp³-hybridized carbons (Fsp3) is 0.333. The number of esters is 1. The summed E-state index contributed by atoms with van der Waals surface area (Å²) in [5.41, 5.74) is 0.747. The van der Waals surface area contributed by atoms with Gasteiger partial charge in [0.15, 0.2) is 6.61 Å². The quantitative estimate of drug-likeness (QED) is 0.301. The van der Waals surface area contributed by atoms with Gasteiger partial charge in [-0.25, -0.2) is 4.79 Å². The van der Waals surface area contributed by atoms with E-state index in [1.165, 1.54) is 12.1 Å². The van der Waals surface area contributed by atoms with Crippen LogP contribution in [0.1, 0.15) is 16.8 Å². The summed E-state index contributed by atoms with van der Waals surface area (Å²) in [5.74, 6) is -3.24. The molecular formula is C24H18BrCl3N2O5. The van der Waals surface area contributed by atoms with Gasteiger partial charge in [0.1, 0.15) is 0 Å². The van der Waals surface area contributed by atoms with E-state index in [4.69, 9.17) is 39.5 Å². The van der Waals surface area contributed by atoms with Gasteiger partial charge < -0.3 is 10.1 Å². The number of imide groups is 1. The fourth-order valence-corrected chi connectivity index (χ4v) is 6.98. The van der Waals surface area contributed by atoms with Gasteiger partial charge in [0, 0.05) is 4.47 Å². The molecule has 6 atom stereocenters. The number of ether oxygens (including phenoxy) is 1. The first-order chi connectivity index (χ1) is 16.7. The highest BCUT2D eigenvalue weighted by atomic mass is 79.9. The molecule has 1 N–H and O–H groups in total. The van der Waals surface area contributed by atoms with E-state index >= 15 is 0 Å². The minimum absolute atomic E-state index is 0.100. The van der Waals surface area contributed by atoms with E-state index in [1.54, 1.807) is 30.3 Å². The van der Waals surface area contributed by atoms with Crippen LogP contribution in [-0.4, -0.2) is 41.1 Å². The second-order valence-electron chi connectivity index (χ2n) is 8.81. The van der Waals surface area contributed by atoms with Crippen LogP contribution < -0.4 is 10.2 Å². The number of alkyl halides is 2. The molecule has 5 rings (SSSR count). The average molecular weight is 601 g/mol. The Morgan fingerprint density at radius 1 is 1.03 bits per heavy atom. The van der Waals surface area contributed by atoms with Crippen LogP contribution in [0.3, 0.4) is 0 Å². The number of hydrogen-bond donors (Lipinski definition) is 1. The zero-order valence-corrected chi connectivity index (χ0v) is 21.8. The molecule has 1 saturated heterocycles. The van der Waals surface area contributed by atoms with E-state index in [9.17, 15) is 19.2 Å². The summed E-state index contributed by atoms with van der Waals surface area (Å²) in [7, 11) is 0. The Morgan fingerprint density at radius 2 is 1.69 bits per heavy atom. The number of rotatable bonds is 5. The monoisotopic (exact) mass is 598 g/mol. The lowest BCUT2D eigenvalue weighted by atomic mass is 9.80. The molecule has 0 aromatic heterocycles. The first kappa shape index (κ1) is 24.6. The number of hydrogen-bond acceptors (Lipinski definition) is 5. The summed E-state index contributed by atoms with van der Waals surface area (Å²) in [6.45, 7) is -0.543. The van der Waals surface area contributed by atoms with E-state index in [-0.39, 0.29) is 45.7 Å². The molecule has 3 aliphatic rings. The maximum atomic E-state index is 13.2. The average Bonchev–Trinajstić information content (AvgIpc) is 3.44. The summed E-state index contributed by atoms with van der Waals surface area (Å²) < 4.78 is 5.87. The number of nitrogens with one attached hydrogen (secondary N) is 1. The molecule has 0 radical (unpaired) electrons. The van der Waals surface area contributed by atoms with E-state index in [1.807, 2.05) is 0 Å². The Bertz CT molecular complexity index is 1230. The molecule has 2 bridgehead atoms. The molecule has 1 aliphatic heterocycles. The second kappa shape index (κ2) is 9.39. The Kier molecular flexibility index (Phi) is 6.59. The number of carbonyl (C=O) groups excluding carboxylic acids is 4. The van der Waals surface area contributed by atoms with Gasteiger partial charge in [0.05, 0.1) is 44.6 Å². The standard InChI is InChI=1S/C24H18BrCl3N2O5/c25-11-4-5-16(15(26)7-11)29-17(31)9-35-24(34)10-2-1-3-12(6-10)30-22(32)18-13-8-14(19(18)23(30)33)21(28)20(13)27/h1-7,13-14,18-21H,8-9H2,(H,29,31)/t13-,14-,18-,19-,20-,21+/m1/s1. The van der Waals surface area contributed by atoms with Crippen LogP contribution in [0.4, 0.5) is 11.4 Å². The highest BCUT2D eigenvalue weighted by Crippen LogP contribution is 2.59. The number of nitrogens with zero attached hydrogens (tertiary/aromatic N) is 1. The molecule has 2 aliphatic carbocycles. The van der Waals surface area contributed by atoms with Gasteiger partial charge in [0.25, 0.3) is 5.91 Å². The van der Waals surface area contributed by atoms with Crippen molar-refractivity contribution in [1.29, 1.82) is 0 Å². The lowest BCUT2D eigenvalue weighted by molar-refractivity contribution is -0.123. The minimum Gasteiger partial charge on any atom is -0.452 e. The van der Waals surface area contributed by atoms with Crippen molar-refractivity contribution in [3.8, 4) is 0 Å². The molecule has 11 heteroatoms. The number of benzene rings is 2. The van der Waals surface area contributed by atoms with E-state index in [0.717, 1.165) is 9.37 Å². The van der Waals surface area contributed by atoms with Crippen molar-refractivity contribution in [2.75, 3.05) is 16.8 Å². The number of anilines is 2. The largest absolute Gasteiger partial charge is 0.452 e. The molecule has 182 valence electrons. The van der Waals surface area contributed by atoms with Crippen LogP contribution >= 0.6 is 50.7 Å². The lowest BCUT2D eigenvalue weighted by Crippen LogP contribution is -2.37. The van der Waals surface area contributed by atoms with E-state index in [2.05, 4.69) is 21.2 Å². The predicted octanol–water partition coefficient (Wildman–Crippen LogP) is 4.87. The van der Waals surface area contributed by atoms with Crippen molar-refractivity contribution in [3.63, 3.8) is 0 Å². The van der Waals surface area contributed by atoms with Gasteiger partial charge in [-0.1, -0.05) is 33.6 Å². The molecular weight excluding hydrogens is 583 g/mol. The smallest absolute Gasteiger partial charge is 0.338 e. The number of carbonyl (C=O) groups is 4. The summed E-state index contributed by atoms with van der Waals surface area (Å²) in [5, 5.41) is 2.20. The molecule has 2 saturated carbocycles. The zero-order valence-electron chi connectivity index (χ0n) is 17.9. The van der Waals surface area contributed by atoms with E-state index < -0.39 is 30.3 Å². The molecule has 2 aromatic carbocycles. The zero-order chi connectivity index (χ0) is 25.0. The third-order valence-corrected chi connectivity index (χ3v) is 8.99. The van der Waals surface area contributed by atoms with Crippen LogP contribution in [-0.2, 0) is 19.1 Å². The first-order valence-electron chi connectivity index (χ1n) is 10.9. The Morgan fingerprint density at radius 3 is 2.31 bits per heavy atom. The second-order valence-corrected chi connectivity index (χ2v) is 11.1. The highest BCUT2D eigenvalue weighted by Gasteiger charge is 2.66. The number of fused-ring (bicyclic) bond motifs is 5. The van der Waals surface area contributed by atoms with Crippen molar-refractivity contribution in [1.82, 2.24) is 0 Å². The van der Waals surface area contributed by atoms with Gasteiger partial charge in [-0.2, -0.15) is 0 Å². The van der Waals surface area contributed by atoms with Crippen LogP contribution in [0.2, 0.25) is 5.02 Å². The van der Waals surface area contributed by atoms with Gasteiger partial charge in [0.2, 0.25) is 11.8 Å². The number of amides is 3. The van der Waals surface area contributed by atoms with Gasteiger partial charge in [-0.15, -0.1) is 23.2 Å². The Labute approximate surface area is 224 Å². The molecule has 2 aromatic rings. The SMILES string of the molecule is O=C(COC(=O)c1cccc(N2C(=O)[C@@H]3[C@H]4C[C@@H]([C@@H](Cl)[C@H]4Cl)[C@H]3C2=O)c1)Nc1ccc(Br)cc1Cl. The van der Waals surface area contributed by atoms with Crippen molar-refractivity contribution >= 4 is 85.8 Å². The molecule has 1 heterocycles. The lowest BCUT2D eigenvalue weighted by Gasteiger charge is -2.28.